The maximum Gasteiger partial charge on any atom is 0.427 e. The molecule has 5 heteroatoms. The summed E-state index contributed by atoms with van der Waals surface area (Å²) in [6.07, 6.45) is 2.79. The predicted octanol–water partition coefficient (Wildman–Crippen LogP) is 1.55. The van der Waals surface area contributed by atoms with Crippen molar-refractivity contribution in [2.45, 2.75) is 13.8 Å². The molecular weight excluding hydrogens is 194 g/mol. The number of carbonyl (C=O) groups excluding carboxylic acids is 1. The lowest BCUT2D eigenvalue weighted by Crippen LogP contribution is -2.20. The smallest absolute Gasteiger partial charge is 0.427 e. The number of rotatable bonds is 3. The summed E-state index contributed by atoms with van der Waals surface area (Å²) in [6.45, 7) is 3.84. The number of carbonyl (C=O) groups is 1. The van der Waals surface area contributed by atoms with Crippen LogP contribution in [0, 0.1) is 0 Å². The van der Waals surface area contributed by atoms with Gasteiger partial charge in [-0.25, -0.2) is 10.2 Å². The summed E-state index contributed by atoms with van der Waals surface area (Å²) in [5.74, 6) is 0. The molecule has 15 heavy (non-hydrogen) atoms. The first-order valence-corrected chi connectivity index (χ1v) is 4.61. The largest absolute Gasteiger partial charge is 0.449 e. The van der Waals surface area contributed by atoms with Crippen molar-refractivity contribution >= 4 is 11.8 Å². The third-order valence-corrected chi connectivity index (χ3v) is 1.67. The molecule has 0 spiro atoms. The Balaban J connectivity index is 2.57. The Bertz CT molecular complexity index is 349. The average Bonchev–Trinajstić information content (AvgIpc) is 2.27. The van der Waals surface area contributed by atoms with Gasteiger partial charge in [-0.2, -0.15) is 5.10 Å². The van der Waals surface area contributed by atoms with E-state index in [9.17, 15) is 4.79 Å². The van der Waals surface area contributed by atoms with Crippen molar-refractivity contribution in [3.05, 3.63) is 30.1 Å². The van der Waals surface area contributed by atoms with Crippen molar-refractivity contribution in [3.8, 4) is 0 Å². The van der Waals surface area contributed by atoms with Gasteiger partial charge in [-0.1, -0.05) is 6.07 Å². The predicted molar refractivity (Wildman–Crippen MR) is 56.6 cm³/mol. The monoisotopic (exact) mass is 207 g/mol. The van der Waals surface area contributed by atoms with Crippen LogP contribution in [0.25, 0.3) is 0 Å². The van der Waals surface area contributed by atoms with E-state index in [4.69, 9.17) is 0 Å². The Morgan fingerprint density at radius 1 is 1.67 bits per heavy atom. The maximum absolute atomic E-state index is 10.9. The number of hydrazone groups is 1. The molecule has 1 aromatic rings. The zero-order valence-electron chi connectivity index (χ0n) is 8.73. The van der Waals surface area contributed by atoms with Crippen molar-refractivity contribution in [2.24, 2.45) is 5.10 Å². The Morgan fingerprint density at radius 3 is 3.07 bits per heavy atom. The van der Waals surface area contributed by atoms with Crippen LogP contribution in [0.2, 0.25) is 0 Å². The van der Waals surface area contributed by atoms with Gasteiger partial charge in [0.15, 0.2) is 0 Å². The van der Waals surface area contributed by atoms with Crippen LogP contribution in [0.15, 0.2) is 29.6 Å². The number of aromatic nitrogens is 1. The molecule has 1 rings (SSSR count). The van der Waals surface area contributed by atoms with E-state index in [1.165, 1.54) is 0 Å². The fourth-order valence-electron chi connectivity index (χ4n) is 0.934. The van der Waals surface area contributed by atoms with Crippen LogP contribution in [0.5, 0.6) is 0 Å². The van der Waals surface area contributed by atoms with Crippen LogP contribution in [0.4, 0.5) is 4.79 Å². The second-order valence-electron chi connectivity index (χ2n) is 2.77. The lowest BCUT2D eigenvalue weighted by Gasteiger charge is -2.01. The molecule has 0 unspecified atom stereocenters. The molecule has 0 aliphatic heterocycles. The molecule has 0 aliphatic carbocycles. The first-order valence-electron chi connectivity index (χ1n) is 4.61. The topological polar surface area (TPSA) is 63.6 Å². The summed E-state index contributed by atoms with van der Waals surface area (Å²) in [6, 6.07) is 3.66. The van der Waals surface area contributed by atoms with E-state index < -0.39 is 6.09 Å². The molecule has 1 heterocycles. The van der Waals surface area contributed by atoms with E-state index >= 15 is 0 Å². The quantitative estimate of drug-likeness (QED) is 0.604. The van der Waals surface area contributed by atoms with Crippen molar-refractivity contribution in [1.82, 2.24) is 10.4 Å². The van der Waals surface area contributed by atoms with Gasteiger partial charge >= 0.3 is 6.09 Å². The standard InChI is InChI=1S/C10H13N3O2/c1-3-15-10(14)13-12-8(2)9-5-4-6-11-7-9/h4-7H,3H2,1-2H3,(H,13,14)/b12-8+. The van der Waals surface area contributed by atoms with Gasteiger partial charge in [0, 0.05) is 18.0 Å². The van der Waals surface area contributed by atoms with E-state index in [0.29, 0.717) is 12.3 Å². The van der Waals surface area contributed by atoms with E-state index in [2.05, 4.69) is 20.2 Å². The third kappa shape index (κ3) is 3.76. The van der Waals surface area contributed by atoms with Crippen LogP contribution in [0.3, 0.4) is 0 Å². The zero-order chi connectivity index (χ0) is 11.1. The van der Waals surface area contributed by atoms with Crippen molar-refractivity contribution in [3.63, 3.8) is 0 Å². The minimum Gasteiger partial charge on any atom is -0.449 e. The van der Waals surface area contributed by atoms with Gasteiger partial charge < -0.3 is 4.74 Å². The second kappa shape index (κ2) is 5.74. The number of hydrogen-bond donors (Lipinski definition) is 1. The van der Waals surface area contributed by atoms with Crippen LogP contribution in [-0.4, -0.2) is 23.4 Å². The Labute approximate surface area is 88.2 Å². The molecule has 0 saturated carbocycles. The Kier molecular flexibility index (Phi) is 4.28. The van der Waals surface area contributed by atoms with E-state index in [1.54, 1.807) is 32.3 Å². The highest BCUT2D eigenvalue weighted by Gasteiger charge is 1.99. The number of ether oxygens (including phenoxy) is 1. The highest BCUT2D eigenvalue weighted by Crippen LogP contribution is 1.97. The highest BCUT2D eigenvalue weighted by atomic mass is 16.5. The van der Waals surface area contributed by atoms with Gasteiger partial charge in [-0.3, -0.25) is 4.98 Å². The van der Waals surface area contributed by atoms with Gasteiger partial charge in [0.1, 0.15) is 0 Å². The number of nitrogens with one attached hydrogen (secondary N) is 1. The van der Waals surface area contributed by atoms with Gasteiger partial charge in [0.25, 0.3) is 0 Å². The number of amides is 1. The minimum absolute atomic E-state index is 0.327. The van der Waals surface area contributed by atoms with Crippen LogP contribution >= 0.6 is 0 Å². The molecule has 0 radical (unpaired) electrons. The SMILES string of the molecule is CCOC(=O)N/N=C(\C)c1cccnc1. The normalized spacial score (nSPS) is 10.9. The van der Waals surface area contributed by atoms with E-state index in [1.807, 2.05) is 6.07 Å². The molecule has 0 fully saturated rings. The van der Waals surface area contributed by atoms with Crippen LogP contribution < -0.4 is 5.43 Å². The first-order chi connectivity index (χ1) is 7.24. The van der Waals surface area contributed by atoms with Crippen molar-refractivity contribution in [2.75, 3.05) is 6.61 Å². The first kappa shape index (κ1) is 11.2. The van der Waals surface area contributed by atoms with Gasteiger partial charge in [-0.15, -0.1) is 0 Å². The number of pyridine rings is 1. The molecule has 5 nitrogen and oxygen atoms in total. The summed E-state index contributed by atoms with van der Waals surface area (Å²) in [7, 11) is 0. The lowest BCUT2D eigenvalue weighted by atomic mass is 10.2. The zero-order valence-corrected chi connectivity index (χ0v) is 8.73. The Hall–Kier alpha value is -1.91. The fraction of sp³-hybridized carbons (Fsp3) is 0.300. The lowest BCUT2D eigenvalue weighted by molar-refractivity contribution is 0.152. The summed E-state index contributed by atoms with van der Waals surface area (Å²) in [5, 5.41) is 3.87. The van der Waals surface area contributed by atoms with Crippen molar-refractivity contribution < 1.29 is 9.53 Å². The summed E-state index contributed by atoms with van der Waals surface area (Å²) in [5.41, 5.74) is 3.81. The number of nitrogens with zero attached hydrogens (tertiary/aromatic N) is 2. The fourth-order valence-corrected chi connectivity index (χ4v) is 0.934. The second-order valence-corrected chi connectivity index (χ2v) is 2.77. The van der Waals surface area contributed by atoms with Gasteiger partial charge in [-0.05, 0) is 19.9 Å². The van der Waals surface area contributed by atoms with E-state index in [0.717, 1.165) is 5.56 Å². The molecule has 80 valence electrons. The van der Waals surface area contributed by atoms with Gasteiger partial charge in [0.2, 0.25) is 0 Å². The minimum atomic E-state index is -0.555. The molecule has 1 aromatic heterocycles. The molecule has 0 aliphatic rings. The molecule has 0 aromatic carbocycles. The van der Waals surface area contributed by atoms with E-state index in [-0.39, 0.29) is 0 Å². The average molecular weight is 207 g/mol. The number of hydrogen-bond acceptors (Lipinski definition) is 4. The third-order valence-electron chi connectivity index (χ3n) is 1.67. The summed E-state index contributed by atoms with van der Waals surface area (Å²) in [4.78, 5) is 14.9. The molecule has 1 amide bonds. The van der Waals surface area contributed by atoms with Crippen molar-refractivity contribution in [1.29, 1.82) is 0 Å². The molecular formula is C10H13N3O2. The highest BCUT2D eigenvalue weighted by molar-refractivity contribution is 5.98. The molecule has 0 saturated heterocycles. The molecule has 0 atom stereocenters. The summed E-state index contributed by atoms with van der Waals surface area (Å²) < 4.78 is 4.66. The Morgan fingerprint density at radius 2 is 2.47 bits per heavy atom. The van der Waals surface area contributed by atoms with Crippen LogP contribution in [0.1, 0.15) is 19.4 Å². The molecule has 0 bridgehead atoms. The molecule has 1 N–H and O–H groups in total. The van der Waals surface area contributed by atoms with Gasteiger partial charge in [0.05, 0.1) is 12.3 Å². The van der Waals surface area contributed by atoms with Crippen LogP contribution in [-0.2, 0) is 4.74 Å². The maximum atomic E-state index is 10.9. The summed E-state index contributed by atoms with van der Waals surface area (Å²) >= 11 is 0.